The van der Waals surface area contributed by atoms with Gasteiger partial charge in [0.2, 0.25) is 0 Å². The van der Waals surface area contributed by atoms with Crippen LogP contribution in [-0.4, -0.2) is 17.8 Å². The van der Waals surface area contributed by atoms with Crippen LogP contribution in [0.4, 0.5) is 13.2 Å². The summed E-state index contributed by atoms with van der Waals surface area (Å²) in [5.74, 6) is 0. The number of nitrogens with zero attached hydrogens (tertiary/aromatic N) is 1. The van der Waals surface area contributed by atoms with Crippen LogP contribution in [-0.2, 0) is 22.5 Å². The molecule has 2 rings (SSSR count). The second-order valence-electron chi connectivity index (χ2n) is 5.32. The SMILES string of the molecule is CONC(=S)c1ccccc1CO/N=C(\C)c1cccc(C(F)(F)F)c1. The molecule has 0 unspecified atom stereocenters. The summed E-state index contributed by atoms with van der Waals surface area (Å²) < 4.78 is 38.4. The van der Waals surface area contributed by atoms with Crippen LogP contribution < -0.4 is 5.48 Å². The molecule has 0 bridgehead atoms. The molecular weight excluding hydrogens is 365 g/mol. The topological polar surface area (TPSA) is 42.8 Å². The molecule has 0 aromatic heterocycles. The molecule has 1 N–H and O–H groups in total. The molecule has 8 heteroatoms. The first kappa shape index (κ1) is 19.9. The van der Waals surface area contributed by atoms with E-state index in [1.807, 2.05) is 18.2 Å². The standard InChI is InChI=1S/C18H17F3N2O2S/c1-12(13-7-5-8-15(10-13)18(19,20)21)22-25-11-14-6-3-4-9-16(14)17(26)23-24-2/h3-10H,11H2,1-2H3,(H,23,26)/b22-12+. The van der Waals surface area contributed by atoms with Gasteiger partial charge in [0, 0.05) is 11.1 Å². The van der Waals surface area contributed by atoms with Crippen molar-refractivity contribution in [3.05, 3.63) is 70.8 Å². The Morgan fingerprint density at radius 1 is 1.15 bits per heavy atom. The van der Waals surface area contributed by atoms with Crippen LogP contribution in [0.5, 0.6) is 0 Å². The summed E-state index contributed by atoms with van der Waals surface area (Å²) in [6, 6.07) is 12.2. The molecule has 0 aliphatic heterocycles. The zero-order chi connectivity index (χ0) is 19.2. The van der Waals surface area contributed by atoms with Crippen molar-refractivity contribution in [3.8, 4) is 0 Å². The Hall–Kier alpha value is -2.45. The largest absolute Gasteiger partial charge is 0.416 e. The number of hydroxylamine groups is 1. The molecular formula is C18H17F3N2O2S. The van der Waals surface area contributed by atoms with Gasteiger partial charge < -0.3 is 4.84 Å². The number of benzene rings is 2. The van der Waals surface area contributed by atoms with E-state index in [4.69, 9.17) is 21.9 Å². The van der Waals surface area contributed by atoms with Crippen LogP contribution in [0.15, 0.2) is 53.7 Å². The zero-order valence-corrected chi connectivity index (χ0v) is 14.9. The molecule has 0 amide bonds. The average Bonchev–Trinajstić information content (AvgIpc) is 2.61. The van der Waals surface area contributed by atoms with Crippen LogP contribution in [0.3, 0.4) is 0 Å². The lowest BCUT2D eigenvalue weighted by Gasteiger charge is -2.11. The van der Waals surface area contributed by atoms with Gasteiger partial charge in [-0.25, -0.2) is 0 Å². The molecule has 0 radical (unpaired) electrons. The molecule has 4 nitrogen and oxygen atoms in total. The number of thiocarbonyl (C=S) groups is 1. The van der Waals surface area contributed by atoms with E-state index < -0.39 is 11.7 Å². The third kappa shape index (κ3) is 5.27. The number of halogens is 3. The van der Waals surface area contributed by atoms with Crippen molar-refractivity contribution in [2.75, 3.05) is 7.11 Å². The third-order valence-electron chi connectivity index (χ3n) is 3.49. The molecule has 0 saturated carbocycles. The Morgan fingerprint density at radius 2 is 1.88 bits per heavy atom. The first-order valence-electron chi connectivity index (χ1n) is 7.58. The molecule has 0 atom stereocenters. The van der Waals surface area contributed by atoms with E-state index in [9.17, 15) is 13.2 Å². The number of alkyl halides is 3. The van der Waals surface area contributed by atoms with E-state index in [0.717, 1.165) is 23.3 Å². The van der Waals surface area contributed by atoms with Crippen molar-refractivity contribution in [1.29, 1.82) is 0 Å². The molecule has 0 saturated heterocycles. The summed E-state index contributed by atoms with van der Waals surface area (Å²) in [7, 11) is 1.45. The van der Waals surface area contributed by atoms with Crippen molar-refractivity contribution >= 4 is 22.9 Å². The van der Waals surface area contributed by atoms with Crippen LogP contribution in [0.25, 0.3) is 0 Å². The van der Waals surface area contributed by atoms with E-state index in [1.54, 1.807) is 19.1 Å². The second kappa shape index (κ2) is 8.77. The molecule has 0 aliphatic carbocycles. The molecule has 26 heavy (non-hydrogen) atoms. The number of nitrogens with one attached hydrogen (secondary N) is 1. The lowest BCUT2D eigenvalue weighted by Crippen LogP contribution is -2.22. The van der Waals surface area contributed by atoms with Crippen LogP contribution in [0.1, 0.15) is 29.2 Å². The molecule has 0 aliphatic rings. The van der Waals surface area contributed by atoms with E-state index in [-0.39, 0.29) is 6.61 Å². The molecule has 2 aromatic rings. The minimum Gasteiger partial charge on any atom is -0.391 e. The van der Waals surface area contributed by atoms with Gasteiger partial charge in [-0.05, 0) is 24.6 Å². The quantitative estimate of drug-likeness (QED) is 0.455. The summed E-state index contributed by atoms with van der Waals surface area (Å²) in [4.78, 5) is 10.5. The monoisotopic (exact) mass is 382 g/mol. The maximum Gasteiger partial charge on any atom is 0.416 e. The summed E-state index contributed by atoms with van der Waals surface area (Å²) in [5, 5.41) is 3.91. The third-order valence-corrected chi connectivity index (χ3v) is 3.79. The zero-order valence-electron chi connectivity index (χ0n) is 14.1. The lowest BCUT2D eigenvalue weighted by molar-refractivity contribution is -0.137. The van der Waals surface area contributed by atoms with Gasteiger partial charge in [0.05, 0.1) is 18.4 Å². The van der Waals surface area contributed by atoms with Crippen molar-refractivity contribution in [2.24, 2.45) is 5.16 Å². The normalized spacial score (nSPS) is 12.0. The Labute approximate surface area is 154 Å². The summed E-state index contributed by atoms with van der Waals surface area (Å²) in [5.41, 5.74) is 4.01. The first-order valence-corrected chi connectivity index (χ1v) is 7.99. The molecule has 0 fully saturated rings. The molecule has 138 valence electrons. The fraction of sp³-hybridized carbons (Fsp3) is 0.222. The van der Waals surface area contributed by atoms with E-state index in [2.05, 4.69) is 10.6 Å². The van der Waals surface area contributed by atoms with E-state index in [0.29, 0.717) is 16.3 Å². The number of oxime groups is 1. The fourth-order valence-corrected chi connectivity index (χ4v) is 2.47. The van der Waals surface area contributed by atoms with Crippen LogP contribution >= 0.6 is 12.2 Å². The minimum atomic E-state index is -4.40. The smallest absolute Gasteiger partial charge is 0.391 e. The Kier molecular flexibility index (Phi) is 6.70. The second-order valence-corrected chi connectivity index (χ2v) is 5.73. The summed E-state index contributed by atoms with van der Waals surface area (Å²) in [6.45, 7) is 1.69. The van der Waals surface area contributed by atoms with Crippen molar-refractivity contribution in [1.82, 2.24) is 5.48 Å². The highest BCUT2D eigenvalue weighted by Gasteiger charge is 2.30. The van der Waals surface area contributed by atoms with E-state index >= 15 is 0 Å². The number of rotatable bonds is 6. The first-order chi connectivity index (χ1) is 12.3. The molecule has 2 aromatic carbocycles. The van der Waals surface area contributed by atoms with Gasteiger partial charge in [-0.15, -0.1) is 0 Å². The van der Waals surface area contributed by atoms with Gasteiger partial charge in [-0.1, -0.05) is 53.8 Å². The van der Waals surface area contributed by atoms with Crippen LogP contribution in [0, 0.1) is 0 Å². The highest BCUT2D eigenvalue weighted by Crippen LogP contribution is 2.29. The van der Waals surface area contributed by atoms with Crippen molar-refractivity contribution in [3.63, 3.8) is 0 Å². The molecule has 0 heterocycles. The Balaban J connectivity index is 2.11. The van der Waals surface area contributed by atoms with Gasteiger partial charge in [-0.3, -0.25) is 10.3 Å². The van der Waals surface area contributed by atoms with Gasteiger partial charge in [-0.2, -0.15) is 13.2 Å². The minimum absolute atomic E-state index is 0.109. The predicted octanol–water partition coefficient (Wildman–Crippen LogP) is 4.47. The highest BCUT2D eigenvalue weighted by atomic mass is 32.1. The number of hydrogen-bond donors (Lipinski definition) is 1. The van der Waals surface area contributed by atoms with E-state index in [1.165, 1.54) is 13.2 Å². The Morgan fingerprint density at radius 3 is 2.58 bits per heavy atom. The Bertz CT molecular complexity index is 807. The number of hydrogen-bond acceptors (Lipinski definition) is 4. The summed E-state index contributed by atoms with van der Waals surface area (Å²) >= 11 is 5.20. The molecule has 0 spiro atoms. The highest BCUT2D eigenvalue weighted by molar-refractivity contribution is 7.80. The maximum atomic E-state index is 12.8. The fourth-order valence-electron chi connectivity index (χ4n) is 2.19. The van der Waals surface area contributed by atoms with Crippen molar-refractivity contribution < 1.29 is 22.8 Å². The van der Waals surface area contributed by atoms with Gasteiger partial charge in [0.15, 0.2) is 0 Å². The van der Waals surface area contributed by atoms with Crippen molar-refractivity contribution in [2.45, 2.75) is 19.7 Å². The average molecular weight is 382 g/mol. The van der Waals surface area contributed by atoms with Gasteiger partial charge >= 0.3 is 6.18 Å². The van der Waals surface area contributed by atoms with Gasteiger partial charge in [0.1, 0.15) is 11.6 Å². The van der Waals surface area contributed by atoms with Gasteiger partial charge in [0.25, 0.3) is 0 Å². The summed E-state index contributed by atoms with van der Waals surface area (Å²) in [6.07, 6.45) is -4.40. The lowest BCUT2D eigenvalue weighted by atomic mass is 10.1. The maximum absolute atomic E-state index is 12.8. The predicted molar refractivity (Wildman–Crippen MR) is 96.7 cm³/mol. The van der Waals surface area contributed by atoms with Crippen LogP contribution in [0.2, 0.25) is 0 Å².